The molecule has 1 amide bonds. The molecule has 1 aliphatic rings. The predicted molar refractivity (Wildman–Crippen MR) is 101 cm³/mol. The summed E-state index contributed by atoms with van der Waals surface area (Å²) in [7, 11) is -3.67. The van der Waals surface area contributed by atoms with Gasteiger partial charge in [0.2, 0.25) is 11.8 Å². The number of nitrogens with one attached hydrogen (secondary N) is 1. The summed E-state index contributed by atoms with van der Waals surface area (Å²) in [5, 5.41) is 6.39. The summed E-state index contributed by atoms with van der Waals surface area (Å²) < 4.78 is 39.8. The van der Waals surface area contributed by atoms with Crippen LogP contribution in [0.25, 0.3) is 0 Å². The maximum atomic E-state index is 12.8. The van der Waals surface area contributed by atoms with E-state index in [1.807, 2.05) is 0 Å². The Balaban J connectivity index is 1.63. The van der Waals surface area contributed by atoms with Gasteiger partial charge in [0, 0.05) is 26.2 Å². The van der Waals surface area contributed by atoms with Crippen molar-refractivity contribution in [2.24, 2.45) is 5.92 Å². The number of anilines is 1. The van der Waals surface area contributed by atoms with Crippen molar-refractivity contribution in [3.63, 3.8) is 0 Å². The Bertz CT molecular complexity index is 925. The number of oxazole rings is 1. The van der Waals surface area contributed by atoms with Gasteiger partial charge in [0.05, 0.1) is 24.1 Å². The number of aryl methyl sites for hydroxylation is 1. The third kappa shape index (κ3) is 4.61. The molecule has 9 nitrogen and oxygen atoms in total. The van der Waals surface area contributed by atoms with Crippen LogP contribution in [-0.2, 0) is 25.8 Å². The van der Waals surface area contributed by atoms with E-state index in [1.54, 1.807) is 13.1 Å². The Morgan fingerprint density at radius 3 is 2.68 bits per heavy atom. The van der Waals surface area contributed by atoms with Crippen LogP contribution in [0.1, 0.15) is 44.0 Å². The van der Waals surface area contributed by atoms with E-state index in [0.29, 0.717) is 49.8 Å². The maximum Gasteiger partial charge on any atom is 0.247 e. The largest absolute Gasteiger partial charge is 0.446 e. The van der Waals surface area contributed by atoms with Crippen molar-refractivity contribution in [1.29, 1.82) is 0 Å². The molecule has 0 atom stereocenters. The molecule has 1 aliphatic heterocycles. The van der Waals surface area contributed by atoms with E-state index < -0.39 is 20.5 Å². The van der Waals surface area contributed by atoms with E-state index in [4.69, 9.17) is 13.7 Å². The number of ether oxygens (including phenoxy) is 1. The summed E-state index contributed by atoms with van der Waals surface area (Å²) in [4.78, 5) is 16.7. The smallest absolute Gasteiger partial charge is 0.247 e. The lowest BCUT2D eigenvalue weighted by atomic mass is 10.0. The molecule has 0 spiro atoms. The highest BCUT2D eigenvalue weighted by Crippen LogP contribution is 2.26. The van der Waals surface area contributed by atoms with E-state index in [0.717, 1.165) is 0 Å². The first-order valence-corrected chi connectivity index (χ1v) is 10.8. The number of sulfone groups is 1. The number of hydrogen-bond donors (Lipinski definition) is 1. The minimum atomic E-state index is -3.67. The number of hydrogen-bond acceptors (Lipinski definition) is 8. The lowest BCUT2D eigenvalue weighted by Gasteiger charge is -2.28. The molecule has 10 heteroatoms. The van der Waals surface area contributed by atoms with Gasteiger partial charge in [0.25, 0.3) is 0 Å². The molecule has 0 bridgehead atoms. The van der Waals surface area contributed by atoms with Gasteiger partial charge in [-0.3, -0.25) is 10.1 Å². The van der Waals surface area contributed by atoms with Crippen molar-refractivity contribution >= 4 is 21.6 Å². The van der Waals surface area contributed by atoms with Crippen molar-refractivity contribution in [2.45, 2.75) is 44.8 Å². The van der Waals surface area contributed by atoms with Crippen molar-refractivity contribution in [3.05, 3.63) is 29.6 Å². The Morgan fingerprint density at radius 2 is 2.04 bits per heavy atom. The second kappa shape index (κ2) is 8.04. The third-order valence-corrected chi connectivity index (χ3v) is 7.59. The summed E-state index contributed by atoms with van der Waals surface area (Å²) in [5.41, 5.74) is 0.536. The second-order valence-electron chi connectivity index (χ2n) is 7.51. The lowest BCUT2D eigenvalue weighted by Crippen LogP contribution is -2.47. The number of nitrogens with zero attached hydrogens (tertiary/aromatic N) is 2. The van der Waals surface area contributed by atoms with E-state index in [2.05, 4.69) is 15.5 Å². The van der Waals surface area contributed by atoms with Crippen LogP contribution >= 0.6 is 0 Å². The Morgan fingerprint density at radius 1 is 1.32 bits per heavy atom. The first kappa shape index (κ1) is 20.5. The third-order valence-electron chi connectivity index (χ3n) is 4.94. The van der Waals surface area contributed by atoms with Gasteiger partial charge < -0.3 is 13.7 Å². The fraction of sp³-hybridized carbons (Fsp3) is 0.611. The Labute approximate surface area is 163 Å². The number of amides is 1. The summed E-state index contributed by atoms with van der Waals surface area (Å²) in [6, 6.07) is 1.54. The van der Waals surface area contributed by atoms with Crippen molar-refractivity contribution < 1.29 is 26.9 Å². The molecular weight excluding hydrogens is 386 g/mol. The lowest BCUT2D eigenvalue weighted by molar-refractivity contribution is -0.118. The summed E-state index contributed by atoms with van der Waals surface area (Å²) >= 11 is 0. The van der Waals surface area contributed by atoms with Gasteiger partial charge >= 0.3 is 0 Å². The van der Waals surface area contributed by atoms with Gasteiger partial charge in [-0.05, 0) is 32.6 Å². The minimum Gasteiger partial charge on any atom is -0.446 e. The van der Waals surface area contributed by atoms with Gasteiger partial charge in [-0.25, -0.2) is 13.4 Å². The van der Waals surface area contributed by atoms with Crippen molar-refractivity contribution in [1.82, 2.24) is 10.1 Å². The number of carbonyl (C=O) groups is 1. The van der Waals surface area contributed by atoms with E-state index in [-0.39, 0.29) is 17.6 Å². The number of carbonyl (C=O) groups excluding carboxylic acids is 1. The van der Waals surface area contributed by atoms with Crippen LogP contribution in [0.15, 0.2) is 21.2 Å². The summed E-state index contributed by atoms with van der Waals surface area (Å²) in [6.07, 6.45) is 3.31. The molecule has 28 heavy (non-hydrogen) atoms. The maximum absolute atomic E-state index is 12.8. The first-order chi connectivity index (χ1) is 13.2. The zero-order chi connectivity index (χ0) is 20.4. The topological polar surface area (TPSA) is 125 Å². The molecular formula is C18H25N3O6S. The molecule has 1 N–H and O–H groups in total. The first-order valence-electron chi connectivity index (χ1n) is 9.16. The van der Waals surface area contributed by atoms with E-state index in [1.165, 1.54) is 19.9 Å². The highest BCUT2D eigenvalue weighted by Gasteiger charge is 2.43. The zero-order valence-corrected chi connectivity index (χ0v) is 17.0. The Hall–Kier alpha value is -2.20. The standard InChI is InChI=1S/C18H25N3O6S/c1-12-19-10-15(26-12)8-14-9-16(27-21-14)20-17(22)18(2,3)28(23,24)11-13-4-6-25-7-5-13/h9-10,13H,4-8,11H2,1-3H3,(H,20,22). The fourth-order valence-corrected chi connectivity index (χ4v) is 4.66. The van der Waals surface area contributed by atoms with E-state index >= 15 is 0 Å². The average molecular weight is 411 g/mol. The van der Waals surface area contributed by atoms with Gasteiger partial charge in [0.15, 0.2) is 15.7 Å². The molecule has 0 aromatic carbocycles. The molecule has 0 saturated carbocycles. The molecule has 2 aromatic heterocycles. The average Bonchev–Trinajstić information content (AvgIpc) is 3.24. The van der Waals surface area contributed by atoms with Gasteiger partial charge in [-0.2, -0.15) is 0 Å². The minimum absolute atomic E-state index is 0.00747. The van der Waals surface area contributed by atoms with Gasteiger partial charge in [-0.15, -0.1) is 0 Å². The quantitative estimate of drug-likeness (QED) is 0.734. The predicted octanol–water partition coefficient (Wildman–Crippen LogP) is 2.12. The highest BCUT2D eigenvalue weighted by molar-refractivity contribution is 7.93. The van der Waals surface area contributed by atoms with Crippen LogP contribution in [0.4, 0.5) is 5.88 Å². The molecule has 154 valence electrons. The van der Waals surface area contributed by atoms with Crippen LogP contribution < -0.4 is 5.32 Å². The molecule has 3 heterocycles. The fourth-order valence-electron chi connectivity index (χ4n) is 2.95. The molecule has 3 rings (SSSR count). The number of rotatable bonds is 7. The van der Waals surface area contributed by atoms with Gasteiger partial charge in [0.1, 0.15) is 10.5 Å². The van der Waals surface area contributed by atoms with Crippen LogP contribution in [0, 0.1) is 12.8 Å². The monoisotopic (exact) mass is 411 g/mol. The molecule has 1 fully saturated rings. The van der Waals surface area contributed by atoms with E-state index in [9.17, 15) is 13.2 Å². The SMILES string of the molecule is Cc1ncc(Cc2cc(NC(=O)C(C)(C)S(=O)(=O)CC3CCOCC3)on2)o1. The summed E-state index contributed by atoms with van der Waals surface area (Å²) in [5.74, 6) is 0.562. The summed E-state index contributed by atoms with van der Waals surface area (Å²) in [6.45, 7) is 5.66. The van der Waals surface area contributed by atoms with Crippen molar-refractivity contribution in [3.8, 4) is 0 Å². The normalized spacial score (nSPS) is 16.2. The zero-order valence-electron chi connectivity index (χ0n) is 16.2. The van der Waals surface area contributed by atoms with Crippen molar-refractivity contribution in [2.75, 3.05) is 24.3 Å². The van der Waals surface area contributed by atoms with Gasteiger partial charge in [-0.1, -0.05) is 5.16 Å². The molecule has 2 aromatic rings. The molecule has 0 radical (unpaired) electrons. The van der Waals surface area contributed by atoms with Crippen LogP contribution in [0.5, 0.6) is 0 Å². The highest BCUT2D eigenvalue weighted by atomic mass is 32.2. The number of aromatic nitrogens is 2. The molecule has 0 unspecified atom stereocenters. The van der Waals surface area contributed by atoms with Crippen LogP contribution in [0.2, 0.25) is 0 Å². The van der Waals surface area contributed by atoms with Crippen LogP contribution in [0.3, 0.4) is 0 Å². The second-order valence-corrected chi connectivity index (χ2v) is 10.1. The van der Waals surface area contributed by atoms with Crippen LogP contribution in [-0.4, -0.2) is 48.2 Å². The molecule has 0 aliphatic carbocycles. The molecule has 1 saturated heterocycles. The Kier molecular flexibility index (Phi) is 5.90.